The molecule has 2 N–H and O–H groups in total. The van der Waals surface area contributed by atoms with Crippen LogP contribution in [0.4, 0.5) is 5.95 Å². The van der Waals surface area contributed by atoms with E-state index in [9.17, 15) is 0 Å². The van der Waals surface area contributed by atoms with E-state index < -0.39 is 0 Å². The molecular weight excluding hydrogens is 213 g/mol. The number of aromatic nitrogens is 4. The third kappa shape index (κ3) is 1.20. The summed E-state index contributed by atoms with van der Waals surface area (Å²) in [5, 5.41) is 0.516. The van der Waals surface area contributed by atoms with E-state index in [4.69, 9.17) is 28.9 Å². The van der Waals surface area contributed by atoms with Crippen LogP contribution in [-0.2, 0) is 7.05 Å². The fourth-order valence-electron chi connectivity index (χ4n) is 1.02. The molecule has 2 aromatic heterocycles. The van der Waals surface area contributed by atoms with Crippen LogP contribution in [-0.4, -0.2) is 19.5 Å². The predicted octanol–water partition coefficient (Wildman–Crippen LogP) is 1.25. The maximum Gasteiger partial charge on any atom is 0.223 e. The highest BCUT2D eigenvalue weighted by molar-refractivity contribution is 6.34. The first-order valence-corrected chi connectivity index (χ1v) is 4.16. The lowest BCUT2D eigenvalue weighted by Crippen LogP contribution is -1.97. The molecule has 0 aromatic carbocycles. The average Bonchev–Trinajstić information content (AvgIpc) is 2.32. The summed E-state index contributed by atoms with van der Waals surface area (Å²) in [6.45, 7) is 0. The minimum absolute atomic E-state index is 0.108. The first kappa shape index (κ1) is 8.52. The van der Waals surface area contributed by atoms with E-state index in [1.54, 1.807) is 11.6 Å². The van der Waals surface area contributed by atoms with E-state index in [1.165, 1.54) is 0 Å². The molecule has 7 heteroatoms. The van der Waals surface area contributed by atoms with Gasteiger partial charge >= 0.3 is 0 Å². The fraction of sp³-hybridized carbons (Fsp3) is 0.167. The van der Waals surface area contributed by atoms with Gasteiger partial charge in [-0.3, -0.25) is 0 Å². The Morgan fingerprint density at radius 3 is 2.62 bits per heavy atom. The van der Waals surface area contributed by atoms with Crippen molar-refractivity contribution in [3.8, 4) is 0 Å². The monoisotopic (exact) mass is 217 g/mol. The summed E-state index contributed by atoms with van der Waals surface area (Å²) < 4.78 is 1.58. The quantitative estimate of drug-likeness (QED) is 0.533. The lowest BCUT2D eigenvalue weighted by Gasteiger charge is -1.96. The zero-order chi connectivity index (χ0) is 9.59. The summed E-state index contributed by atoms with van der Waals surface area (Å²) in [6.07, 6.45) is 0. The number of anilines is 1. The van der Waals surface area contributed by atoms with Crippen molar-refractivity contribution in [2.75, 3.05) is 5.73 Å². The van der Waals surface area contributed by atoms with E-state index in [1.807, 2.05) is 0 Å². The third-order valence-electron chi connectivity index (χ3n) is 1.64. The molecule has 5 nitrogen and oxygen atoms in total. The molecule has 0 bridgehead atoms. The third-order valence-corrected chi connectivity index (χ3v) is 2.24. The van der Waals surface area contributed by atoms with Gasteiger partial charge < -0.3 is 10.3 Å². The first-order chi connectivity index (χ1) is 6.09. The normalized spacial score (nSPS) is 11.0. The van der Waals surface area contributed by atoms with Crippen molar-refractivity contribution < 1.29 is 0 Å². The van der Waals surface area contributed by atoms with Crippen molar-refractivity contribution in [3.05, 3.63) is 10.4 Å². The van der Waals surface area contributed by atoms with Gasteiger partial charge in [-0.25, -0.2) is 4.98 Å². The SMILES string of the molecule is Cn1c(Cl)nc2c(Cl)nc(N)nc21. The Kier molecular flexibility index (Phi) is 1.78. The van der Waals surface area contributed by atoms with Crippen LogP contribution in [0.5, 0.6) is 0 Å². The molecule has 2 heterocycles. The number of imidazole rings is 1. The van der Waals surface area contributed by atoms with Gasteiger partial charge in [0, 0.05) is 7.05 Å². The molecule has 2 rings (SSSR count). The molecule has 0 aliphatic rings. The molecule has 0 amide bonds. The summed E-state index contributed by atoms with van der Waals surface area (Å²) in [5.74, 6) is 0.108. The standard InChI is InChI=1S/C6H5Cl2N5/c1-13-4-2(10-5(13)8)3(7)11-6(9)12-4/h1H3,(H2,9,11,12). The zero-order valence-corrected chi connectivity index (χ0v) is 8.13. The van der Waals surface area contributed by atoms with Crippen molar-refractivity contribution >= 4 is 40.3 Å². The number of fused-ring (bicyclic) bond motifs is 1. The Morgan fingerprint density at radius 2 is 1.92 bits per heavy atom. The highest BCUT2D eigenvalue weighted by Crippen LogP contribution is 2.22. The second-order valence-electron chi connectivity index (χ2n) is 2.48. The van der Waals surface area contributed by atoms with Crippen molar-refractivity contribution in [1.82, 2.24) is 19.5 Å². The van der Waals surface area contributed by atoms with Gasteiger partial charge in [-0.2, -0.15) is 9.97 Å². The van der Waals surface area contributed by atoms with Crippen LogP contribution in [0.2, 0.25) is 10.4 Å². The van der Waals surface area contributed by atoms with Crippen LogP contribution < -0.4 is 5.73 Å². The van der Waals surface area contributed by atoms with Crippen LogP contribution in [0.1, 0.15) is 0 Å². The van der Waals surface area contributed by atoms with E-state index in [0.717, 1.165) is 0 Å². The van der Waals surface area contributed by atoms with Crippen LogP contribution in [0.3, 0.4) is 0 Å². The molecule has 2 aromatic rings. The largest absolute Gasteiger partial charge is 0.368 e. The number of nitrogens with zero attached hydrogens (tertiary/aromatic N) is 4. The maximum atomic E-state index is 5.78. The van der Waals surface area contributed by atoms with Crippen molar-refractivity contribution in [2.24, 2.45) is 7.05 Å². The lowest BCUT2D eigenvalue weighted by molar-refractivity contribution is 0.930. The second-order valence-corrected chi connectivity index (χ2v) is 3.18. The molecule has 0 radical (unpaired) electrons. The molecule has 0 spiro atoms. The van der Waals surface area contributed by atoms with Gasteiger partial charge in [0.15, 0.2) is 10.8 Å². The average molecular weight is 218 g/mol. The molecule has 0 fully saturated rings. The van der Waals surface area contributed by atoms with Crippen molar-refractivity contribution in [1.29, 1.82) is 0 Å². The van der Waals surface area contributed by atoms with E-state index in [0.29, 0.717) is 16.4 Å². The molecule has 68 valence electrons. The minimum Gasteiger partial charge on any atom is -0.368 e. The van der Waals surface area contributed by atoms with Gasteiger partial charge in [-0.05, 0) is 11.6 Å². The molecule has 0 unspecified atom stereocenters. The molecule has 0 saturated carbocycles. The van der Waals surface area contributed by atoms with E-state index in [2.05, 4.69) is 15.0 Å². The Balaban J connectivity index is 2.94. The fourth-order valence-corrected chi connectivity index (χ4v) is 1.39. The Labute approximate surface area is 83.5 Å². The van der Waals surface area contributed by atoms with E-state index in [-0.39, 0.29) is 11.1 Å². The van der Waals surface area contributed by atoms with Crippen LogP contribution in [0.25, 0.3) is 11.2 Å². The second kappa shape index (κ2) is 2.71. The van der Waals surface area contributed by atoms with Gasteiger partial charge in [0.25, 0.3) is 0 Å². The highest BCUT2D eigenvalue weighted by atomic mass is 35.5. The van der Waals surface area contributed by atoms with Crippen LogP contribution in [0, 0.1) is 0 Å². The predicted molar refractivity (Wildman–Crippen MR) is 50.7 cm³/mol. The number of nitrogen functional groups attached to an aromatic ring is 1. The lowest BCUT2D eigenvalue weighted by atomic mass is 10.5. The highest BCUT2D eigenvalue weighted by Gasteiger charge is 2.11. The number of nitrogens with two attached hydrogens (primary N) is 1. The zero-order valence-electron chi connectivity index (χ0n) is 6.62. The minimum atomic E-state index is 0.108. The summed E-state index contributed by atoms with van der Waals surface area (Å²) in [4.78, 5) is 11.7. The number of hydrogen-bond donors (Lipinski definition) is 1. The van der Waals surface area contributed by atoms with Crippen molar-refractivity contribution in [3.63, 3.8) is 0 Å². The Morgan fingerprint density at radius 1 is 1.23 bits per heavy atom. The van der Waals surface area contributed by atoms with Gasteiger partial charge in [0.05, 0.1) is 0 Å². The molecule has 13 heavy (non-hydrogen) atoms. The number of rotatable bonds is 0. The van der Waals surface area contributed by atoms with Crippen LogP contribution >= 0.6 is 23.2 Å². The van der Waals surface area contributed by atoms with Crippen LogP contribution in [0.15, 0.2) is 0 Å². The maximum absolute atomic E-state index is 5.78. The summed E-state index contributed by atoms with van der Waals surface area (Å²) in [7, 11) is 1.72. The van der Waals surface area contributed by atoms with Crippen molar-refractivity contribution in [2.45, 2.75) is 0 Å². The van der Waals surface area contributed by atoms with Gasteiger partial charge in [0.1, 0.15) is 5.52 Å². The number of halogens is 2. The molecule has 0 aliphatic heterocycles. The Hall–Kier alpha value is -1.07. The number of aryl methyl sites for hydroxylation is 1. The van der Waals surface area contributed by atoms with Gasteiger partial charge in [-0.15, -0.1) is 0 Å². The summed E-state index contributed by atoms with van der Waals surface area (Å²) in [6, 6.07) is 0. The van der Waals surface area contributed by atoms with Gasteiger partial charge in [0.2, 0.25) is 11.2 Å². The first-order valence-electron chi connectivity index (χ1n) is 3.40. The molecule has 0 saturated heterocycles. The van der Waals surface area contributed by atoms with Gasteiger partial charge in [-0.1, -0.05) is 11.6 Å². The van der Waals surface area contributed by atoms with E-state index >= 15 is 0 Å². The topological polar surface area (TPSA) is 69.6 Å². The molecule has 0 aliphatic carbocycles. The molecule has 0 atom stereocenters. The number of hydrogen-bond acceptors (Lipinski definition) is 4. The molecular formula is C6H5Cl2N5. The smallest absolute Gasteiger partial charge is 0.223 e. The summed E-state index contributed by atoms with van der Waals surface area (Å²) >= 11 is 11.5. The summed E-state index contributed by atoms with van der Waals surface area (Å²) in [5.41, 5.74) is 6.40. The Bertz CT molecular complexity index is 477.